The lowest BCUT2D eigenvalue weighted by Gasteiger charge is -2.54. The van der Waals surface area contributed by atoms with Crippen molar-refractivity contribution in [3.63, 3.8) is 0 Å². The number of para-hydroxylation sites is 1. The van der Waals surface area contributed by atoms with Crippen LogP contribution in [0, 0.1) is 6.92 Å². The third-order valence-electron chi connectivity index (χ3n) is 5.72. The molecule has 4 heterocycles. The molecule has 6 heteroatoms. The minimum absolute atomic E-state index is 0.0802. The van der Waals surface area contributed by atoms with Crippen molar-refractivity contribution in [2.45, 2.75) is 44.2 Å². The molecule has 6 nitrogen and oxygen atoms in total. The predicted molar refractivity (Wildman–Crippen MR) is 98.0 cm³/mol. The number of hydrogen-bond donors (Lipinski definition) is 1. The SMILES string of the molecule is C/C=C\c1ccccc1OCC1C(O)C2(c3nc(C)no3)CCN1CC2. The molecule has 138 valence electrons. The van der Waals surface area contributed by atoms with E-state index in [9.17, 15) is 5.11 Å². The van der Waals surface area contributed by atoms with Gasteiger partial charge in [-0.1, -0.05) is 35.5 Å². The second-order valence-corrected chi connectivity index (χ2v) is 7.20. The molecule has 0 radical (unpaired) electrons. The van der Waals surface area contributed by atoms with E-state index < -0.39 is 11.5 Å². The van der Waals surface area contributed by atoms with Crippen LogP contribution in [-0.2, 0) is 5.41 Å². The number of nitrogens with zero attached hydrogens (tertiary/aromatic N) is 3. The van der Waals surface area contributed by atoms with Crippen molar-refractivity contribution in [3.8, 4) is 5.75 Å². The van der Waals surface area contributed by atoms with Gasteiger partial charge in [-0.05, 0) is 45.8 Å². The summed E-state index contributed by atoms with van der Waals surface area (Å²) >= 11 is 0. The quantitative estimate of drug-likeness (QED) is 0.889. The molecule has 2 bridgehead atoms. The van der Waals surface area contributed by atoms with Crippen molar-refractivity contribution < 1.29 is 14.4 Å². The predicted octanol–water partition coefficient (Wildman–Crippen LogP) is 2.57. The minimum atomic E-state index is -0.585. The third-order valence-corrected chi connectivity index (χ3v) is 5.72. The summed E-state index contributed by atoms with van der Waals surface area (Å²) in [5.41, 5.74) is 0.593. The monoisotopic (exact) mass is 355 g/mol. The Bertz CT molecular complexity index is 793. The zero-order chi connectivity index (χ0) is 18.1. The van der Waals surface area contributed by atoms with Crippen molar-refractivity contribution in [2.24, 2.45) is 0 Å². The van der Waals surface area contributed by atoms with Gasteiger partial charge in [0.05, 0.1) is 17.6 Å². The molecule has 26 heavy (non-hydrogen) atoms. The van der Waals surface area contributed by atoms with Gasteiger partial charge in [0.1, 0.15) is 12.4 Å². The standard InChI is InChI=1S/C20H25N3O3/c1-3-6-15-7-4-5-8-17(15)25-13-16-18(24)20(9-11-23(16)12-10-20)19-21-14(2)22-26-19/h3-8,16,18,24H,9-13H2,1-2H3/b6-3-. The van der Waals surface area contributed by atoms with E-state index in [2.05, 4.69) is 15.0 Å². The number of hydrogen-bond acceptors (Lipinski definition) is 6. The average molecular weight is 355 g/mol. The first-order valence-electron chi connectivity index (χ1n) is 9.21. The number of aliphatic hydroxyl groups excluding tert-OH is 1. The summed E-state index contributed by atoms with van der Waals surface area (Å²) in [6.07, 6.45) is 5.11. The van der Waals surface area contributed by atoms with Crippen molar-refractivity contribution in [3.05, 3.63) is 47.6 Å². The summed E-state index contributed by atoms with van der Waals surface area (Å²) in [5.74, 6) is 2.02. The van der Waals surface area contributed by atoms with Crippen LogP contribution in [0.4, 0.5) is 0 Å². The molecule has 3 aliphatic heterocycles. The van der Waals surface area contributed by atoms with Gasteiger partial charge >= 0.3 is 0 Å². The summed E-state index contributed by atoms with van der Waals surface area (Å²) in [6, 6.07) is 7.88. The fourth-order valence-electron chi connectivity index (χ4n) is 4.26. The fourth-order valence-corrected chi connectivity index (χ4v) is 4.26. The molecule has 1 aromatic carbocycles. The highest BCUT2D eigenvalue weighted by Crippen LogP contribution is 2.45. The molecule has 0 amide bonds. The first kappa shape index (κ1) is 17.2. The zero-order valence-electron chi connectivity index (χ0n) is 15.3. The van der Waals surface area contributed by atoms with Crippen LogP contribution in [0.1, 0.15) is 37.0 Å². The number of fused-ring (bicyclic) bond motifs is 3. The van der Waals surface area contributed by atoms with E-state index in [4.69, 9.17) is 9.26 Å². The number of aromatic nitrogens is 2. The number of piperidine rings is 3. The molecule has 1 aromatic heterocycles. The molecule has 0 spiro atoms. The molecule has 2 aromatic rings. The van der Waals surface area contributed by atoms with Crippen LogP contribution in [0.5, 0.6) is 5.75 Å². The van der Waals surface area contributed by atoms with E-state index in [1.807, 2.05) is 50.3 Å². The van der Waals surface area contributed by atoms with Gasteiger partial charge < -0.3 is 14.4 Å². The fraction of sp³-hybridized carbons (Fsp3) is 0.500. The van der Waals surface area contributed by atoms with Crippen LogP contribution < -0.4 is 4.74 Å². The summed E-state index contributed by atoms with van der Waals surface area (Å²) in [6.45, 7) is 6.05. The summed E-state index contributed by atoms with van der Waals surface area (Å²) < 4.78 is 11.6. The van der Waals surface area contributed by atoms with E-state index in [1.165, 1.54) is 0 Å². The van der Waals surface area contributed by atoms with Crippen LogP contribution in [0.25, 0.3) is 6.08 Å². The van der Waals surface area contributed by atoms with Gasteiger partial charge in [0, 0.05) is 5.56 Å². The first-order chi connectivity index (χ1) is 12.6. The number of aliphatic hydroxyl groups is 1. The third kappa shape index (κ3) is 2.83. The maximum absolute atomic E-state index is 11.2. The van der Waals surface area contributed by atoms with Crippen LogP contribution in [0.3, 0.4) is 0 Å². The summed E-state index contributed by atoms with van der Waals surface area (Å²) in [7, 11) is 0. The van der Waals surface area contributed by atoms with Gasteiger partial charge in [-0.3, -0.25) is 4.90 Å². The van der Waals surface area contributed by atoms with Crippen LogP contribution in [-0.4, -0.2) is 52.0 Å². The molecule has 2 unspecified atom stereocenters. The maximum Gasteiger partial charge on any atom is 0.235 e. The molecule has 5 rings (SSSR count). The Morgan fingerprint density at radius 1 is 1.35 bits per heavy atom. The lowest BCUT2D eigenvalue weighted by Crippen LogP contribution is -2.67. The second-order valence-electron chi connectivity index (χ2n) is 7.20. The van der Waals surface area contributed by atoms with Gasteiger partial charge in [0.2, 0.25) is 5.89 Å². The molecule has 3 aliphatic rings. The number of allylic oxidation sites excluding steroid dienone is 1. The molecule has 1 N–H and O–H groups in total. The molecular formula is C20H25N3O3. The van der Waals surface area contributed by atoms with Crippen molar-refractivity contribution in [1.29, 1.82) is 0 Å². The number of ether oxygens (including phenoxy) is 1. The van der Waals surface area contributed by atoms with E-state index in [0.717, 1.165) is 37.2 Å². The van der Waals surface area contributed by atoms with Crippen LogP contribution >= 0.6 is 0 Å². The average Bonchev–Trinajstić information content (AvgIpc) is 3.10. The topological polar surface area (TPSA) is 71.6 Å². The zero-order valence-corrected chi connectivity index (χ0v) is 15.3. The highest BCUT2D eigenvalue weighted by atomic mass is 16.5. The molecular weight excluding hydrogens is 330 g/mol. The number of aryl methyl sites for hydroxylation is 1. The Balaban J connectivity index is 1.55. The Hall–Kier alpha value is -2.18. The van der Waals surface area contributed by atoms with Gasteiger partial charge in [-0.25, -0.2) is 0 Å². The van der Waals surface area contributed by atoms with Crippen LogP contribution in [0.15, 0.2) is 34.9 Å². The van der Waals surface area contributed by atoms with Crippen molar-refractivity contribution >= 4 is 6.08 Å². The Morgan fingerprint density at radius 3 is 2.81 bits per heavy atom. The Morgan fingerprint density at radius 2 is 2.12 bits per heavy atom. The summed E-state index contributed by atoms with van der Waals surface area (Å²) in [4.78, 5) is 6.75. The number of benzene rings is 1. The van der Waals surface area contributed by atoms with Gasteiger partial charge in [0.15, 0.2) is 5.82 Å². The Labute approximate surface area is 153 Å². The van der Waals surface area contributed by atoms with Gasteiger partial charge in [-0.15, -0.1) is 0 Å². The lowest BCUT2D eigenvalue weighted by molar-refractivity contribution is -0.113. The van der Waals surface area contributed by atoms with E-state index >= 15 is 0 Å². The maximum atomic E-state index is 11.2. The molecule has 0 saturated carbocycles. The van der Waals surface area contributed by atoms with E-state index in [1.54, 1.807) is 0 Å². The van der Waals surface area contributed by atoms with Gasteiger partial charge in [-0.2, -0.15) is 4.98 Å². The van der Waals surface area contributed by atoms with E-state index in [0.29, 0.717) is 18.3 Å². The van der Waals surface area contributed by atoms with Crippen molar-refractivity contribution in [1.82, 2.24) is 15.0 Å². The van der Waals surface area contributed by atoms with Crippen LogP contribution in [0.2, 0.25) is 0 Å². The molecule has 2 atom stereocenters. The largest absolute Gasteiger partial charge is 0.491 e. The highest BCUT2D eigenvalue weighted by Gasteiger charge is 2.56. The Kier molecular flexibility index (Phi) is 4.54. The minimum Gasteiger partial charge on any atom is -0.491 e. The van der Waals surface area contributed by atoms with E-state index in [-0.39, 0.29) is 6.04 Å². The number of rotatable bonds is 5. The smallest absolute Gasteiger partial charge is 0.235 e. The lowest BCUT2D eigenvalue weighted by atomic mass is 9.66. The van der Waals surface area contributed by atoms with Gasteiger partial charge in [0.25, 0.3) is 0 Å². The molecule has 0 aliphatic carbocycles. The molecule has 3 fully saturated rings. The second kappa shape index (κ2) is 6.85. The molecule has 3 saturated heterocycles. The first-order valence-corrected chi connectivity index (χ1v) is 9.21. The van der Waals surface area contributed by atoms with Crippen molar-refractivity contribution in [2.75, 3.05) is 19.7 Å². The highest BCUT2D eigenvalue weighted by molar-refractivity contribution is 5.56. The summed E-state index contributed by atoms with van der Waals surface area (Å²) in [5, 5.41) is 15.1. The normalized spacial score (nSPS) is 30.8.